The van der Waals surface area contributed by atoms with Gasteiger partial charge in [-0.1, -0.05) is 41.0 Å². The van der Waals surface area contributed by atoms with Crippen LogP contribution in [0.25, 0.3) is 0 Å². The lowest BCUT2D eigenvalue weighted by Crippen LogP contribution is -2.42. The molecule has 0 amide bonds. The average molecular weight is 270 g/mol. The van der Waals surface area contributed by atoms with Gasteiger partial charge in [0, 0.05) is 5.92 Å². The average Bonchev–Trinajstić information content (AvgIpc) is 2.69. The first-order valence-corrected chi connectivity index (χ1v) is 7.41. The van der Waals surface area contributed by atoms with Gasteiger partial charge in [-0.3, -0.25) is 4.79 Å². The van der Waals surface area contributed by atoms with Crippen molar-refractivity contribution in [2.24, 2.45) is 22.7 Å². The van der Waals surface area contributed by atoms with Gasteiger partial charge in [0.1, 0.15) is 0 Å². The molecule has 0 radical (unpaired) electrons. The van der Waals surface area contributed by atoms with Crippen LogP contribution in [0.15, 0.2) is 0 Å². The highest BCUT2D eigenvalue weighted by Crippen LogP contribution is 2.47. The molecule has 3 unspecified atom stereocenters. The molecule has 1 heterocycles. The summed E-state index contributed by atoms with van der Waals surface area (Å²) >= 11 is 0. The highest BCUT2D eigenvalue weighted by Gasteiger charge is 2.52. The van der Waals surface area contributed by atoms with Gasteiger partial charge in [-0.25, -0.2) is 0 Å². The molecule has 3 nitrogen and oxygen atoms in total. The van der Waals surface area contributed by atoms with Gasteiger partial charge in [0.05, 0.1) is 25.7 Å². The van der Waals surface area contributed by atoms with E-state index < -0.39 is 5.41 Å². The topological polar surface area (TPSA) is 35.5 Å². The Bertz CT molecular complexity index is 306. The van der Waals surface area contributed by atoms with Crippen molar-refractivity contribution in [1.82, 2.24) is 0 Å². The van der Waals surface area contributed by atoms with E-state index in [0.29, 0.717) is 19.1 Å². The Morgan fingerprint density at radius 1 is 1.47 bits per heavy atom. The molecule has 1 rings (SSSR count). The maximum Gasteiger partial charge on any atom is 0.314 e. The molecule has 3 heteroatoms. The maximum atomic E-state index is 12.4. The van der Waals surface area contributed by atoms with Crippen LogP contribution >= 0.6 is 0 Å². The summed E-state index contributed by atoms with van der Waals surface area (Å²) in [5.74, 6) is 0.818. The Morgan fingerprint density at radius 3 is 2.58 bits per heavy atom. The SMILES string of the molecule is CCC(C)CC1COCC1(CC(C)(C)C)C(=O)OC. The van der Waals surface area contributed by atoms with E-state index >= 15 is 0 Å². The van der Waals surface area contributed by atoms with Crippen molar-refractivity contribution in [1.29, 1.82) is 0 Å². The van der Waals surface area contributed by atoms with E-state index in [1.54, 1.807) is 0 Å². The van der Waals surface area contributed by atoms with Crippen molar-refractivity contribution >= 4 is 5.97 Å². The quantitative estimate of drug-likeness (QED) is 0.715. The van der Waals surface area contributed by atoms with Crippen LogP contribution in [0.3, 0.4) is 0 Å². The normalized spacial score (nSPS) is 29.3. The standard InChI is InChI=1S/C16H30O3/c1-7-12(2)8-13-9-19-11-16(13,14(17)18-6)10-15(3,4)5/h12-13H,7-11H2,1-6H3. The molecule has 1 aliphatic rings. The Morgan fingerprint density at radius 2 is 2.11 bits per heavy atom. The van der Waals surface area contributed by atoms with Gasteiger partial charge in [0.2, 0.25) is 0 Å². The molecular weight excluding hydrogens is 240 g/mol. The van der Waals surface area contributed by atoms with E-state index in [4.69, 9.17) is 9.47 Å². The van der Waals surface area contributed by atoms with Gasteiger partial charge >= 0.3 is 5.97 Å². The van der Waals surface area contributed by atoms with Crippen LogP contribution in [0.2, 0.25) is 0 Å². The van der Waals surface area contributed by atoms with Crippen LogP contribution in [-0.2, 0) is 14.3 Å². The largest absolute Gasteiger partial charge is 0.469 e. The lowest BCUT2D eigenvalue weighted by molar-refractivity contribution is -0.157. The molecule has 1 aliphatic heterocycles. The predicted molar refractivity (Wildman–Crippen MR) is 76.9 cm³/mol. The first-order chi connectivity index (χ1) is 8.75. The van der Waals surface area contributed by atoms with Crippen LogP contribution in [-0.4, -0.2) is 26.3 Å². The molecule has 0 aromatic rings. The zero-order valence-corrected chi connectivity index (χ0v) is 13.4. The molecule has 0 aromatic carbocycles. The summed E-state index contributed by atoms with van der Waals surface area (Å²) in [4.78, 5) is 12.4. The Balaban J connectivity index is 2.97. The molecule has 3 atom stereocenters. The van der Waals surface area contributed by atoms with Gasteiger partial charge in [-0.2, -0.15) is 0 Å². The lowest BCUT2D eigenvalue weighted by atomic mass is 9.66. The fraction of sp³-hybridized carbons (Fsp3) is 0.938. The molecule has 0 aromatic heterocycles. The number of carbonyl (C=O) groups is 1. The fourth-order valence-corrected chi connectivity index (χ4v) is 3.25. The van der Waals surface area contributed by atoms with E-state index in [-0.39, 0.29) is 17.3 Å². The molecule has 112 valence electrons. The number of rotatable bonds is 5. The predicted octanol–water partition coefficient (Wildman–Crippen LogP) is 3.66. The summed E-state index contributed by atoms with van der Waals surface area (Å²) in [6.07, 6.45) is 3.01. The Labute approximate surface area is 118 Å². The highest BCUT2D eigenvalue weighted by atomic mass is 16.5. The minimum Gasteiger partial charge on any atom is -0.469 e. The van der Waals surface area contributed by atoms with E-state index in [2.05, 4.69) is 34.6 Å². The summed E-state index contributed by atoms with van der Waals surface area (Å²) in [6.45, 7) is 12.2. The van der Waals surface area contributed by atoms with E-state index in [9.17, 15) is 4.79 Å². The van der Waals surface area contributed by atoms with E-state index in [0.717, 1.165) is 19.3 Å². The molecule has 1 saturated heterocycles. The first-order valence-electron chi connectivity index (χ1n) is 7.41. The second kappa shape index (κ2) is 6.25. The molecule has 0 aliphatic carbocycles. The smallest absolute Gasteiger partial charge is 0.314 e. The van der Waals surface area contributed by atoms with E-state index in [1.165, 1.54) is 7.11 Å². The van der Waals surface area contributed by atoms with Gasteiger partial charge < -0.3 is 9.47 Å². The molecule has 0 bridgehead atoms. The number of hydrogen-bond acceptors (Lipinski definition) is 3. The first kappa shape index (κ1) is 16.5. The number of carbonyl (C=O) groups excluding carboxylic acids is 1. The zero-order valence-electron chi connectivity index (χ0n) is 13.4. The molecule has 0 saturated carbocycles. The zero-order chi connectivity index (χ0) is 14.7. The summed E-state index contributed by atoms with van der Waals surface area (Å²) in [7, 11) is 1.49. The second-order valence-corrected chi connectivity index (χ2v) is 7.35. The maximum absolute atomic E-state index is 12.4. The van der Waals surface area contributed by atoms with Crippen LogP contribution < -0.4 is 0 Å². The number of esters is 1. The minimum atomic E-state index is -0.448. The van der Waals surface area contributed by atoms with Gasteiger partial charge in [0.15, 0.2) is 0 Å². The van der Waals surface area contributed by atoms with Crippen molar-refractivity contribution in [3.05, 3.63) is 0 Å². The van der Waals surface area contributed by atoms with Gasteiger partial charge in [0.25, 0.3) is 0 Å². The Kier molecular flexibility index (Phi) is 5.43. The molecule has 19 heavy (non-hydrogen) atoms. The van der Waals surface area contributed by atoms with Crippen molar-refractivity contribution in [3.8, 4) is 0 Å². The third kappa shape index (κ3) is 3.95. The monoisotopic (exact) mass is 270 g/mol. The molecule has 0 spiro atoms. The van der Waals surface area contributed by atoms with Crippen LogP contribution in [0.1, 0.15) is 53.9 Å². The van der Waals surface area contributed by atoms with E-state index in [1.807, 2.05) is 0 Å². The lowest BCUT2D eigenvalue weighted by Gasteiger charge is -2.37. The van der Waals surface area contributed by atoms with Crippen LogP contribution in [0.5, 0.6) is 0 Å². The van der Waals surface area contributed by atoms with Crippen molar-refractivity contribution in [3.63, 3.8) is 0 Å². The van der Waals surface area contributed by atoms with Gasteiger partial charge in [-0.15, -0.1) is 0 Å². The van der Waals surface area contributed by atoms with Crippen molar-refractivity contribution in [2.75, 3.05) is 20.3 Å². The number of ether oxygens (including phenoxy) is 2. The number of hydrogen-bond donors (Lipinski definition) is 0. The van der Waals surface area contributed by atoms with Crippen LogP contribution in [0.4, 0.5) is 0 Å². The molecular formula is C16H30O3. The van der Waals surface area contributed by atoms with Crippen molar-refractivity contribution < 1.29 is 14.3 Å². The summed E-state index contributed by atoms with van der Waals surface area (Å²) in [6, 6.07) is 0. The number of methoxy groups -OCH3 is 1. The second-order valence-electron chi connectivity index (χ2n) is 7.35. The fourth-order valence-electron chi connectivity index (χ4n) is 3.25. The highest BCUT2D eigenvalue weighted by molar-refractivity contribution is 5.77. The van der Waals surface area contributed by atoms with Crippen molar-refractivity contribution in [2.45, 2.75) is 53.9 Å². The molecule has 1 fully saturated rings. The Hall–Kier alpha value is -0.570. The third-order valence-electron chi connectivity index (χ3n) is 4.28. The minimum absolute atomic E-state index is 0.0896. The van der Waals surface area contributed by atoms with Gasteiger partial charge in [-0.05, 0) is 24.2 Å². The summed E-state index contributed by atoms with van der Waals surface area (Å²) < 4.78 is 10.8. The van der Waals surface area contributed by atoms with Crippen LogP contribution in [0, 0.1) is 22.7 Å². The summed E-state index contributed by atoms with van der Waals surface area (Å²) in [5.41, 5.74) is -0.355. The summed E-state index contributed by atoms with van der Waals surface area (Å²) in [5, 5.41) is 0. The third-order valence-corrected chi connectivity index (χ3v) is 4.28. The molecule has 0 N–H and O–H groups in total.